The molecule has 0 aromatic carbocycles. The Hall–Kier alpha value is -0.0800. The van der Waals surface area contributed by atoms with Crippen molar-refractivity contribution < 1.29 is 4.74 Å². The van der Waals surface area contributed by atoms with Gasteiger partial charge in [0.25, 0.3) is 0 Å². The highest BCUT2D eigenvalue weighted by Gasteiger charge is 2.42. The first-order chi connectivity index (χ1) is 5.81. The summed E-state index contributed by atoms with van der Waals surface area (Å²) in [6.07, 6.45) is 6.50. The summed E-state index contributed by atoms with van der Waals surface area (Å²) < 4.78 is 5.51. The van der Waals surface area contributed by atoms with Crippen LogP contribution in [0.25, 0.3) is 0 Å². The molecule has 1 aliphatic heterocycles. The maximum absolute atomic E-state index is 5.68. The smallest absolute Gasteiger partial charge is 0.0867 e. The highest BCUT2D eigenvalue weighted by Crippen LogP contribution is 2.39. The van der Waals surface area contributed by atoms with E-state index in [0.29, 0.717) is 12.2 Å². The van der Waals surface area contributed by atoms with Crippen LogP contribution in [0, 0.1) is 11.8 Å². The van der Waals surface area contributed by atoms with Crippen LogP contribution in [0.3, 0.4) is 0 Å². The van der Waals surface area contributed by atoms with Gasteiger partial charge in [-0.25, -0.2) is 0 Å². The van der Waals surface area contributed by atoms with Crippen LogP contribution in [0.5, 0.6) is 0 Å². The van der Waals surface area contributed by atoms with Crippen molar-refractivity contribution in [2.24, 2.45) is 17.6 Å². The van der Waals surface area contributed by atoms with Gasteiger partial charge in [0.1, 0.15) is 0 Å². The van der Waals surface area contributed by atoms with Crippen molar-refractivity contribution in [1.82, 2.24) is 0 Å². The second-order valence-corrected chi connectivity index (χ2v) is 4.33. The molecule has 70 valence electrons. The molecule has 2 fully saturated rings. The first-order valence-electron chi connectivity index (χ1n) is 5.16. The Morgan fingerprint density at radius 1 is 1.42 bits per heavy atom. The topological polar surface area (TPSA) is 38.5 Å². The van der Waals surface area contributed by atoms with Gasteiger partial charge in [0.15, 0.2) is 0 Å². The van der Waals surface area contributed by atoms with Gasteiger partial charge in [-0.2, -0.15) is 0 Å². The van der Waals surface area contributed by atoms with Crippen LogP contribution in [-0.2, 0) is 4.74 Å². The summed E-state index contributed by atoms with van der Waals surface area (Å²) in [7, 11) is 0. The lowest BCUT2D eigenvalue weighted by atomic mass is 9.79. The molecule has 2 heteroatoms. The van der Waals surface area contributed by atoms with Crippen molar-refractivity contribution in [3.63, 3.8) is 0 Å². The van der Waals surface area contributed by atoms with Gasteiger partial charge in [0.05, 0.1) is 12.2 Å². The number of nitrogens with two attached hydrogens (primary N) is 1. The molecule has 1 saturated carbocycles. The zero-order valence-electron chi connectivity index (χ0n) is 7.83. The van der Waals surface area contributed by atoms with Gasteiger partial charge in [-0.05, 0) is 44.6 Å². The minimum atomic E-state index is 0.534. The van der Waals surface area contributed by atoms with E-state index in [1.165, 1.54) is 25.7 Å². The summed E-state index contributed by atoms with van der Waals surface area (Å²) in [4.78, 5) is 0. The van der Waals surface area contributed by atoms with E-state index in [9.17, 15) is 0 Å². The minimum absolute atomic E-state index is 0.534. The van der Waals surface area contributed by atoms with E-state index in [4.69, 9.17) is 10.5 Å². The molecule has 0 radical (unpaired) electrons. The summed E-state index contributed by atoms with van der Waals surface area (Å²) in [6.45, 7) is 3.05. The van der Waals surface area contributed by atoms with Gasteiger partial charge in [-0.15, -0.1) is 0 Å². The molecule has 2 N–H and O–H groups in total. The van der Waals surface area contributed by atoms with Gasteiger partial charge >= 0.3 is 0 Å². The largest absolute Gasteiger partial charge is 0.370 e. The Labute approximate surface area is 74.5 Å². The van der Waals surface area contributed by atoms with E-state index >= 15 is 0 Å². The molecule has 0 spiro atoms. The molecule has 12 heavy (non-hydrogen) atoms. The Kier molecular flexibility index (Phi) is 2.37. The van der Waals surface area contributed by atoms with Crippen molar-refractivity contribution in [2.75, 3.05) is 6.54 Å². The molecular weight excluding hydrogens is 150 g/mol. The number of rotatable bonds is 2. The number of hydrogen-bond acceptors (Lipinski definition) is 2. The van der Waals surface area contributed by atoms with Crippen molar-refractivity contribution in [3.05, 3.63) is 0 Å². The summed E-state index contributed by atoms with van der Waals surface area (Å²) in [5.74, 6) is 1.60. The Morgan fingerprint density at radius 3 is 2.75 bits per heavy atom. The first kappa shape index (κ1) is 8.52. The quantitative estimate of drug-likeness (QED) is 0.637. The van der Waals surface area contributed by atoms with E-state index in [-0.39, 0.29) is 0 Å². The maximum atomic E-state index is 5.68. The monoisotopic (exact) mass is 169 g/mol. The highest BCUT2D eigenvalue weighted by atomic mass is 16.6. The summed E-state index contributed by atoms with van der Waals surface area (Å²) >= 11 is 0. The van der Waals surface area contributed by atoms with Crippen LogP contribution >= 0.6 is 0 Å². The van der Waals surface area contributed by atoms with Crippen LogP contribution in [0.15, 0.2) is 0 Å². The predicted molar refractivity (Wildman–Crippen MR) is 48.8 cm³/mol. The molecule has 4 atom stereocenters. The van der Waals surface area contributed by atoms with E-state index in [0.717, 1.165) is 18.4 Å². The van der Waals surface area contributed by atoms with Crippen LogP contribution in [-0.4, -0.2) is 18.8 Å². The Bertz CT molecular complexity index is 160. The fourth-order valence-corrected chi connectivity index (χ4v) is 2.54. The van der Waals surface area contributed by atoms with Crippen molar-refractivity contribution in [2.45, 2.75) is 44.8 Å². The molecule has 2 nitrogen and oxygen atoms in total. The average molecular weight is 169 g/mol. The average Bonchev–Trinajstić information content (AvgIpc) is 2.83. The SMILES string of the molecule is CC1OC1C1CCCC(CN)C1. The van der Waals surface area contributed by atoms with Gasteiger partial charge in [-0.3, -0.25) is 0 Å². The third-order valence-electron chi connectivity index (χ3n) is 3.38. The molecule has 0 aromatic heterocycles. The number of ether oxygens (including phenoxy) is 1. The van der Waals surface area contributed by atoms with Crippen molar-refractivity contribution in [3.8, 4) is 0 Å². The summed E-state index contributed by atoms with van der Waals surface area (Å²) in [5.41, 5.74) is 5.68. The van der Waals surface area contributed by atoms with Gasteiger partial charge in [0.2, 0.25) is 0 Å². The van der Waals surface area contributed by atoms with Crippen LogP contribution < -0.4 is 5.73 Å². The zero-order valence-corrected chi connectivity index (χ0v) is 7.83. The van der Waals surface area contributed by atoms with Gasteiger partial charge < -0.3 is 10.5 Å². The molecule has 2 aliphatic rings. The highest BCUT2D eigenvalue weighted by molar-refractivity contribution is 4.90. The van der Waals surface area contributed by atoms with Gasteiger partial charge in [0, 0.05) is 0 Å². The maximum Gasteiger partial charge on any atom is 0.0867 e. The summed E-state index contributed by atoms with van der Waals surface area (Å²) in [6, 6.07) is 0. The van der Waals surface area contributed by atoms with E-state index in [2.05, 4.69) is 6.92 Å². The molecule has 1 saturated heterocycles. The third kappa shape index (κ3) is 1.64. The molecule has 1 heterocycles. The fourth-order valence-electron chi connectivity index (χ4n) is 2.54. The lowest BCUT2D eigenvalue weighted by Gasteiger charge is -2.27. The number of epoxide rings is 1. The predicted octanol–water partition coefficient (Wildman–Crippen LogP) is 1.54. The lowest BCUT2D eigenvalue weighted by molar-refractivity contribution is 0.218. The number of hydrogen-bond donors (Lipinski definition) is 1. The molecule has 2 rings (SSSR count). The first-order valence-corrected chi connectivity index (χ1v) is 5.16. The third-order valence-corrected chi connectivity index (χ3v) is 3.38. The summed E-state index contributed by atoms with van der Waals surface area (Å²) in [5, 5.41) is 0. The second-order valence-electron chi connectivity index (χ2n) is 4.33. The fraction of sp³-hybridized carbons (Fsp3) is 1.00. The molecule has 4 unspecified atom stereocenters. The standard InChI is InChI=1S/C10H19NO/c1-7-10(12-7)9-4-2-3-8(5-9)6-11/h7-10H,2-6,11H2,1H3. The molecular formula is C10H19NO. The van der Waals surface area contributed by atoms with E-state index in [1.807, 2.05) is 0 Å². The van der Waals surface area contributed by atoms with E-state index < -0.39 is 0 Å². The van der Waals surface area contributed by atoms with Gasteiger partial charge in [-0.1, -0.05) is 6.42 Å². The van der Waals surface area contributed by atoms with Crippen molar-refractivity contribution in [1.29, 1.82) is 0 Å². The molecule has 1 aliphatic carbocycles. The van der Waals surface area contributed by atoms with Crippen LogP contribution in [0.2, 0.25) is 0 Å². The second kappa shape index (κ2) is 3.35. The van der Waals surface area contributed by atoms with E-state index in [1.54, 1.807) is 0 Å². The van der Waals surface area contributed by atoms with Crippen LogP contribution in [0.4, 0.5) is 0 Å². The normalized spacial score (nSPS) is 47.5. The Balaban J connectivity index is 1.82. The Morgan fingerprint density at radius 2 is 2.17 bits per heavy atom. The lowest BCUT2D eigenvalue weighted by Crippen LogP contribution is -2.25. The molecule has 0 bridgehead atoms. The molecule has 0 amide bonds. The zero-order chi connectivity index (χ0) is 8.55. The molecule has 0 aromatic rings. The van der Waals surface area contributed by atoms with Crippen molar-refractivity contribution >= 4 is 0 Å². The minimum Gasteiger partial charge on any atom is -0.370 e. The van der Waals surface area contributed by atoms with Crippen LogP contribution in [0.1, 0.15) is 32.6 Å².